The van der Waals surface area contributed by atoms with Crippen LogP contribution < -0.4 is 10.8 Å². The Kier molecular flexibility index (Phi) is 2.48. The number of carbonyl (C=O) groups excluding carboxylic acids is 1. The minimum Gasteiger partial charge on any atom is -0.311 e. The molecule has 0 aromatic rings. The Morgan fingerprint density at radius 1 is 1.89 bits per heavy atom. The van der Waals surface area contributed by atoms with Crippen molar-refractivity contribution in [3.63, 3.8) is 0 Å². The van der Waals surface area contributed by atoms with Crippen molar-refractivity contribution in [3.8, 4) is 0 Å². The van der Waals surface area contributed by atoms with Gasteiger partial charge in [-0.2, -0.15) is 0 Å². The molecule has 1 amide bonds. The predicted molar refractivity (Wildman–Crippen MR) is 31.6 cm³/mol. The lowest BCUT2D eigenvalue weighted by atomic mass is 10.1. The first-order chi connectivity index (χ1) is 4.43. The molecule has 0 aromatic carbocycles. The Labute approximate surface area is 53.5 Å². The summed E-state index contributed by atoms with van der Waals surface area (Å²) in [7, 11) is 0. The van der Waals surface area contributed by atoms with Crippen molar-refractivity contribution in [1.82, 2.24) is 10.8 Å². The van der Waals surface area contributed by atoms with Gasteiger partial charge in [-0.25, -0.2) is 5.48 Å². The molecule has 1 saturated heterocycles. The molecule has 0 spiro atoms. The van der Waals surface area contributed by atoms with Crippen LogP contribution in [-0.2, 0) is 9.63 Å². The molecular formula is C5H10N2O2. The molecular weight excluding hydrogens is 120 g/mol. The highest BCUT2D eigenvalue weighted by Crippen LogP contribution is 1.99. The molecule has 1 unspecified atom stereocenters. The Morgan fingerprint density at radius 2 is 2.67 bits per heavy atom. The molecule has 1 rings (SSSR count). The van der Waals surface area contributed by atoms with Crippen LogP contribution in [0, 0.1) is 0 Å². The summed E-state index contributed by atoms with van der Waals surface area (Å²) in [5.41, 5.74) is 2.13. The first-order valence-corrected chi connectivity index (χ1v) is 2.98. The molecule has 9 heavy (non-hydrogen) atoms. The van der Waals surface area contributed by atoms with Crippen LogP contribution in [0.3, 0.4) is 0 Å². The van der Waals surface area contributed by atoms with Crippen molar-refractivity contribution in [1.29, 1.82) is 0 Å². The van der Waals surface area contributed by atoms with Crippen molar-refractivity contribution in [2.75, 3.05) is 13.2 Å². The fourth-order valence-corrected chi connectivity index (χ4v) is 0.673. The predicted octanol–water partition coefficient (Wildman–Crippen LogP) is -0.974. The van der Waals surface area contributed by atoms with E-state index in [9.17, 15) is 4.79 Å². The van der Waals surface area contributed by atoms with E-state index in [4.69, 9.17) is 4.84 Å². The number of amides is 1. The van der Waals surface area contributed by atoms with Gasteiger partial charge in [0, 0.05) is 6.04 Å². The molecule has 0 radical (unpaired) electrons. The van der Waals surface area contributed by atoms with Gasteiger partial charge in [-0.1, -0.05) is 0 Å². The van der Waals surface area contributed by atoms with Gasteiger partial charge in [0.1, 0.15) is 0 Å². The van der Waals surface area contributed by atoms with E-state index in [-0.39, 0.29) is 0 Å². The highest BCUT2D eigenvalue weighted by molar-refractivity contribution is 5.43. The summed E-state index contributed by atoms with van der Waals surface area (Å²) in [6, 6.07) is 0.442. The molecule has 1 atom stereocenters. The number of hydrogen-bond acceptors (Lipinski definition) is 3. The largest absolute Gasteiger partial charge is 0.311 e. The van der Waals surface area contributed by atoms with E-state index in [0.29, 0.717) is 19.1 Å². The Hall–Kier alpha value is -0.610. The maximum Gasteiger partial charge on any atom is 0.230 e. The molecule has 0 saturated carbocycles. The maximum absolute atomic E-state index is 9.64. The lowest BCUT2D eigenvalue weighted by molar-refractivity contribution is -0.121. The molecule has 0 aliphatic carbocycles. The standard InChI is InChI=1S/C5H10N2O2/c8-4-7-9-3-5-1-2-6-5/h4-6H,1-3H2,(H,7,8). The minimum absolute atomic E-state index is 0.442. The summed E-state index contributed by atoms with van der Waals surface area (Å²) >= 11 is 0. The van der Waals surface area contributed by atoms with Gasteiger partial charge in [0.15, 0.2) is 0 Å². The third-order valence-corrected chi connectivity index (χ3v) is 1.34. The number of rotatable bonds is 4. The molecule has 1 heterocycles. The normalized spacial score (nSPS) is 24.7. The van der Waals surface area contributed by atoms with Crippen molar-refractivity contribution < 1.29 is 9.63 Å². The summed E-state index contributed by atoms with van der Waals surface area (Å²) < 4.78 is 0. The van der Waals surface area contributed by atoms with Crippen LogP contribution in [0.15, 0.2) is 0 Å². The smallest absolute Gasteiger partial charge is 0.230 e. The van der Waals surface area contributed by atoms with E-state index in [1.807, 2.05) is 0 Å². The summed E-state index contributed by atoms with van der Waals surface area (Å²) in [6.07, 6.45) is 1.67. The Morgan fingerprint density at radius 3 is 3.11 bits per heavy atom. The van der Waals surface area contributed by atoms with E-state index in [2.05, 4.69) is 10.8 Å². The Balaban J connectivity index is 1.85. The van der Waals surface area contributed by atoms with Gasteiger partial charge in [-0.3, -0.25) is 9.63 Å². The van der Waals surface area contributed by atoms with Crippen molar-refractivity contribution in [2.45, 2.75) is 12.5 Å². The average Bonchev–Trinajstić information content (AvgIpc) is 1.76. The molecule has 1 aliphatic heterocycles. The molecule has 2 N–H and O–H groups in total. The van der Waals surface area contributed by atoms with E-state index < -0.39 is 0 Å². The van der Waals surface area contributed by atoms with Crippen LogP contribution in [-0.4, -0.2) is 25.6 Å². The molecule has 4 nitrogen and oxygen atoms in total. The summed E-state index contributed by atoms with van der Waals surface area (Å²) in [5, 5.41) is 3.12. The van der Waals surface area contributed by atoms with Crippen LogP contribution >= 0.6 is 0 Å². The van der Waals surface area contributed by atoms with Crippen LogP contribution in [0.2, 0.25) is 0 Å². The lowest BCUT2D eigenvalue weighted by Gasteiger charge is -2.26. The molecule has 1 fully saturated rings. The van der Waals surface area contributed by atoms with Crippen LogP contribution in [0.25, 0.3) is 0 Å². The molecule has 0 bridgehead atoms. The summed E-state index contributed by atoms with van der Waals surface area (Å²) in [5.74, 6) is 0. The van der Waals surface area contributed by atoms with Gasteiger partial charge < -0.3 is 5.32 Å². The zero-order valence-electron chi connectivity index (χ0n) is 5.09. The van der Waals surface area contributed by atoms with Crippen LogP contribution in [0.1, 0.15) is 6.42 Å². The first-order valence-electron chi connectivity index (χ1n) is 2.98. The molecule has 4 heteroatoms. The Bertz CT molecular complexity index is 93.0. The lowest BCUT2D eigenvalue weighted by Crippen LogP contribution is -2.46. The quantitative estimate of drug-likeness (QED) is 0.292. The van der Waals surface area contributed by atoms with Gasteiger partial charge in [-0.05, 0) is 13.0 Å². The van der Waals surface area contributed by atoms with Crippen LogP contribution in [0.4, 0.5) is 0 Å². The van der Waals surface area contributed by atoms with Gasteiger partial charge in [-0.15, -0.1) is 0 Å². The highest BCUT2D eigenvalue weighted by Gasteiger charge is 2.15. The number of carbonyl (C=O) groups is 1. The van der Waals surface area contributed by atoms with Gasteiger partial charge in [0.25, 0.3) is 0 Å². The average molecular weight is 130 g/mol. The third kappa shape index (κ3) is 1.99. The first kappa shape index (κ1) is 6.51. The third-order valence-electron chi connectivity index (χ3n) is 1.34. The van der Waals surface area contributed by atoms with Crippen molar-refractivity contribution in [2.24, 2.45) is 0 Å². The van der Waals surface area contributed by atoms with Crippen molar-refractivity contribution in [3.05, 3.63) is 0 Å². The molecule has 0 aromatic heterocycles. The van der Waals surface area contributed by atoms with E-state index in [1.54, 1.807) is 0 Å². The second kappa shape index (κ2) is 3.42. The number of nitrogens with one attached hydrogen (secondary N) is 2. The van der Waals surface area contributed by atoms with Gasteiger partial charge in [0.2, 0.25) is 6.41 Å². The highest BCUT2D eigenvalue weighted by atomic mass is 16.6. The molecule has 1 aliphatic rings. The maximum atomic E-state index is 9.64. The fraction of sp³-hybridized carbons (Fsp3) is 0.800. The summed E-state index contributed by atoms with van der Waals surface area (Å²) in [4.78, 5) is 14.3. The van der Waals surface area contributed by atoms with E-state index in [0.717, 1.165) is 13.0 Å². The monoisotopic (exact) mass is 130 g/mol. The second-order valence-electron chi connectivity index (χ2n) is 1.99. The van der Waals surface area contributed by atoms with Gasteiger partial charge >= 0.3 is 0 Å². The summed E-state index contributed by atoms with van der Waals surface area (Å²) in [6.45, 7) is 1.63. The minimum atomic E-state index is 0.442. The van der Waals surface area contributed by atoms with Crippen molar-refractivity contribution >= 4 is 6.41 Å². The second-order valence-corrected chi connectivity index (χ2v) is 1.99. The zero-order chi connectivity index (χ0) is 6.53. The fourth-order valence-electron chi connectivity index (χ4n) is 0.673. The number of hydrogen-bond donors (Lipinski definition) is 2. The zero-order valence-corrected chi connectivity index (χ0v) is 5.09. The van der Waals surface area contributed by atoms with E-state index >= 15 is 0 Å². The van der Waals surface area contributed by atoms with E-state index in [1.165, 1.54) is 0 Å². The SMILES string of the molecule is O=CNOCC1CCN1. The molecule has 52 valence electrons. The van der Waals surface area contributed by atoms with Gasteiger partial charge in [0.05, 0.1) is 6.61 Å². The van der Waals surface area contributed by atoms with Crippen LogP contribution in [0.5, 0.6) is 0 Å². The number of hydroxylamine groups is 1. The topological polar surface area (TPSA) is 50.4 Å².